The van der Waals surface area contributed by atoms with E-state index in [4.69, 9.17) is 16.3 Å². The van der Waals surface area contributed by atoms with E-state index in [0.717, 1.165) is 6.54 Å². The van der Waals surface area contributed by atoms with Crippen molar-refractivity contribution in [1.29, 1.82) is 0 Å². The van der Waals surface area contributed by atoms with Crippen LogP contribution in [-0.4, -0.2) is 40.9 Å². The van der Waals surface area contributed by atoms with E-state index in [0.29, 0.717) is 29.7 Å². The molecule has 2 rings (SSSR count). The number of ether oxygens (including phenoxy) is 1. The molecule has 1 aromatic heterocycles. The maximum atomic E-state index is 9.90. The van der Waals surface area contributed by atoms with Crippen molar-refractivity contribution in [1.82, 2.24) is 9.97 Å². The third-order valence-electron chi connectivity index (χ3n) is 2.70. The summed E-state index contributed by atoms with van der Waals surface area (Å²) in [7, 11) is 1.53. The minimum absolute atomic E-state index is 0.291. The van der Waals surface area contributed by atoms with Crippen LogP contribution in [0.4, 0.5) is 5.82 Å². The molecule has 0 aliphatic carbocycles. The Morgan fingerprint density at radius 2 is 2.31 bits per heavy atom. The average Bonchev–Trinajstić information content (AvgIpc) is 2.58. The summed E-state index contributed by atoms with van der Waals surface area (Å²) in [5, 5.41) is 10.2. The van der Waals surface area contributed by atoms with E-state index < -0.39 is 5.60 Å². The molecule has 5 nitrogen and oxygen atoms in total. The predicted molar refractivity (Wildman–Crippen MR) is 61.0 cm³/mol. The molecule has 0 aromatic carbocycles. The quantitative estimate of drug-likeness (QED) is 0.789. The molecule has 1 saturated heterocycles. The molecule has 0 saturated carbocycles. The Kier molecular flexibility index (Phi) is 2.90. The van der Waals surface area contributed by atoms with E-state index in [2.05, 4.69) is 9.97 Å². The zero-order valence-corrected chi connectivity index (χ0v) is 10.0. The van der Waals surface area contributed by atoms with Gasteiger partial charge in [0, 0.05) is 13.1 Å². The van der Waals surface area contributed by atoms with Gasteiger partial charge in [0.1, 0.15) is 6.33 Å². The van der Waals surface area contributed by atoms with Crippen LogP contribution in [0.1, 0.15) is 13.3 Å². The zero-order chi connectivity index (χ0) is 11.8. The second-order valence-corrected chi connectivity index (χ2v) is 4.55. The fourth-order valence-corrected chi connectivity index (χ4v) is 2.08. The summed E-state index contributed by atoms with van der Waals surface area (Å²) < 4.78 is 5.18. The van der Waals surface area contributed by atoms with Gasteiger partial charge in [0.05, 0.1) is 12.7 Å². The number of aliphatic hydroxyl groups is 1. The molecule has 1 atom stereocenters. The van der Waals surface area contributed by atoms with Crippen LogP contribution in [0.3, 0.4) is 0 Å². The molecule has 1 unspecified atom stereocenters. The lowest BCUT2D eigenvalue weighted by Gasteiger charge is -2.21. The van der Waals surface area contributed by atoms with Crippen LogP contribution in [-0.2, 0) is 0 Å². The smallest absolute Gasteiger partial charge is 0.199 e. The van der Waals surface area contributed by atoms with Crippen LogP contribution in [0.5, 0.6) is 5.75 Å². The first-order valence-corrected chi connectivity index (χ1v) is 5.43. The first kappa shape index (κ1) is 11.4. The van der Waals surface area contributed by atoms with Crippen LogP contribution in [0.25, 0.3) is 0 Å². The van der Waals surface area contributed by atoms with Gasteiger partial charge in [0.2, 0.25) is 0 Å². The van der Waals surface area contributed by atoms with E-state index >= 15 is 0 Å². The summed E-state index contributed by atoms with van der Waals surface area (Å²) in [5.41, 5.74) is -0.678. The van der Waals surface area contributed by atoms with E-state index in [9.17, 15) is 5.11 Å². The van der Waals surface area contributed by atoms with Crippen molar-refractivity contribution in [3.63, 3.8) is 0 Å². The fourth-order valence-electron chi connectivity index (χ4n) is 1.87. The topological polar surface area (TPSA) is 58.5 Å². The number of β-amino-alcohol motifs (C(OH)–C–C–N with tert-alkyl or cyclic N) is 1. The van der Waals surface area contributed by atoms with Gasteiger partial charge in [-0.25, -0.2) is 9.97 Å². The van der Waals surface area contributed by atoms with Crippen LogP contribution >= 0.6 is 11.6 Å². The largest absolute Gasteiger partial charge is 0.490 e. The van der Waals surface area contributed by atoms with Gasteiger partial charge in [-0.05, 0) is 13.3 Å². The van der Waals surface area contributed by atoms with Crippen molar-refractivity contribution in [2.75, 3.05) is 25.1 Å². The molecule has 6 heteroatoms. The third kappa shape index (κ3) is 2.05. The normalized spacial score (nSPS) is 24.9. The van der Waals surface area contributed by atoms with Gasteiger partial charge in [-0.15, -0.1) is 0 Å². The highest BCUT2D eigenvalue weighted by atomic mass is 35.5. The Morgan fingerprint density at radius 3 is 2.88 bits per heavy atom. The van der Waals surface area contributed by atoms with Gasteiger partial charge >= 0.3 is 0 Å². The summed E-state index contributed by atoms with van der Waals surface area (Å²) in [6.45, 7) is 3.07. The molecule has 1 aromatic rings. The Balaban J connectivity index is 2.31. The molecule has 1 N–H and O–H groups in total. The number of halogens is 1. The summed E-state index contributed by atoms with van der Waals surface area (Å²) in [4.78, 5) is 9.96. The monoisotopic (exact) mass is 243 g/mol. The number of hydrogen-bond donors (Lipinski definition) is 1. The number of anilines is 1. The van der Waals surface area contributed by atoms with Crippen molar-refractivity contribution in [3.8, 4) is 5.75 Å². The lowest BCUT2D eigenvalue weighted by Crippen LogP contribution is -2.30. The van der Waals surface area contributed by atoms with Gasteiger partial charge in [-0.2, -0.15) is 0 Å². The maximum Gasteiger partial charge on any atom is 0.199 e. The minimum Gasteiger partial charge on any atom is -0.490 e. The molecular weight excluding hydrogens is 230 g/mol. The van der Waals surface area contributed by atoms with Crippen molar-refractivity contribution in [2.24, 2.45) is 0 Å². The summed E-state index contributed by atoms with van der Waals surface area (Å²) in [6, 6.07) is 0. The molecule has 0 amide bonds. The molecule has 1 fully saturated rings. The molecule has 0 radical (unpaired) electrons. The van der Waals surface area contributed by atoms with Crippen LogP contribution in [0.2, 0.25) is 5.15 Å². The van der Waals surface area contributed by atoms with Gasteiger partial charge in [-0.1, -0.05) is 11.6 Å². The molecular formula is C10H14ClN3O2. The van der Waals surface area contributed by atoms with Gasteiger partial charge < -0.3 is 14.7 Å². The Bertz CT molecular complexity index is 398. The predicted octanol–water partition coefficient (Wildman–Crippen LogP) is 1.10. The van der Waals surface area contributed by atoms with Crippen molar-refractivity contribution in [3.05, 3.63) is 11.5 Å². The Hall–Kier alpha value is -1.07. The standard InChI is InChI=1S/C10H14ClN3O2/c1-10(15)3-4-14(5-10)9-7(16-2)8(11)12-6-13-9/h6,15H,3-5H2,1-2H3. The molecule has 0 spiro atoms. The highest BCUT2D eigenvalue weighted by Gasteiger charge is 2.33. The second kappa shape index (κ2) is 4.07. The lowest BCUT2D eigenvalue weighted by molar-refractivity contribution is 0.0838. The zero-order valence-electron chi connectivity index (χ0n) is 9.27. The molecule has 88 valence electrons. The van der Waals surface area contributed by atoms with Crippen LogP contribution in [0.15, 0.2) is 6.33 Å². The molecule has 16 heavy (non-hydrogen) atoms. The average molecular weight is 244 g/mol. The number of rotatable bonds is 2. The highest BCUT2D eigenvalue weighted by molar-refractivity contribution is 6.31. The van der Waals surface area contributed by atoms with E-state index in [1.165, 1.54) is 13.4 Å². The molecule has 2 heterocycles. The Morgan fingerprint density at radius 1 is 1.56 bits per heavy atom. The molecule has 1 aliphatic rings. The first-order valence-electron chi connectivity index (χ1n) is 5.05. The van der Waals surface area contributed by atoms with Crippen LogP contribution < -0.4 is 9.64 Å². The number of aromatic nitrogens is 2. The van der Waals surface area contributed by atoms with Crippen molar-refractivity contribution in [2.45, 2.75) is 18.9 Å². The fraction of sp³-hybridized carbons (Fsp3) is 0.600. The molecule has 0 bridgehead atoms. The lowest BCUT2D eigenvalue weighted by atomic mass is 10.1. The summed E-state index contributed by atoms with van der Waals surface area (Å²) in [6.07, 6.45) is 2.10. The molecule has 1 aliphatic heterocycles. The van der Waals surface area contributed by atoms with Gasteiger partial charge in [-0.3, -0.25) is 0 Å². The summed E-state index contributed by atoms with van der Waals surface area (Å²) >= 11 is 5.91. The number of hydrogen-bond acceptors (Lipinski definition) is 5. The maximum absolute atomic E-state index is 9.90. The third-order valence-corrected chi connectivity index (χ3v) is 2.97. The summed E-state index contributed by atoms with van der Waals surface area (Å²) in [5.74, 6) is 1.10. The Labute approximate surface area is 99.0 Å². The van der Waals surface area contributed by atoms with Crippen LogP contribution in [0, 0.1) is 0 Å². The first-order chi connectivity index (χ1) is 7.53. The van der Waals surface area contributed by atoms with Gasteiger partial charge in [0.15, 0.2) is 16.7 Å². The van der Waals surface area contributed by atoms with Crippen molar-refractivity contribution < 1.29 is 9.84 Å². The van der Waals surface area contributed by atoms with E-state index in [-0.39, 0.29) is 0 Å². The van der Waals surface area contributed by atoms with E-state index in [1.807, 2.05) is 11.8 Å². The van der Waals surface area contributed by atoms with Gasteiger partial charge in [0.25, 0.3) is 0 Å². The SMILES string of the molecule is COc1c(Cl)ncnc1N1CCC(C)(O)C1. The number of methoxy groups -OCH3 is 1. The second-order valence-electron chi connectivity index (χ2n) is 4.19. The highest BCUT2D eigenvalue weighted by Crippen LogP contribution is 2.35. The van der Waals surface area contributed by atoms with E-state index in [1.54, 1.807) is 0 Å². The minimum atomic E-state index is -0.678. The van der Waals surface area contributed by atoms with Crippen molar-refractivity contribution >= 4 is 17.4 Å². The number of nitrogens with zero attached hydrogens (tertiary/aromatic N) is 3.